The van der Waals surface area contributed by atoms with Crippen LogP contribution in [0.1, 0.15) is 49.0 Å². The molecule has 0 atom stereocenters. The first-order valence-electron chi connectivity index (χ1n) is 14.2. The Kier molecular flexibility index (Phi) is 7.49. The van der Waals surface area contributed by atoms with E-state index < -0.39 is 5.97 Å². The monoisotopic (exact) mass is 570 g/mol. The Morgan fingerprint density at radius 2 is 1.85 bits per heavy atom. The van der Waals surface area contributed by atoms with Crippen LogP contribution >= 0.6 is 11.6 Å². The molecule has 2 aliphatic rings. The number of H-pyrrole nitrogens is 1. The summed E-state index contributed by atoms with van der Waals surface area (Å²) >= 11 is 6.18. The number of aromatic amines is 1. The van der Waals surface area contributed by atoms with Gasteiger partial charge in [-0.05, 0) is 72.2 Å². The van der Waals surface area contributed by atoms with Gasteiger partial charge in [0.05, 0.1) is 6.20 Å². The quantitative estimate of drug-likeness (QED) is 0.239. The number of carboxylic acids is 1. The number of fused-ring (bicyclic) bond motifs is 1. The molecule has 0 unspecified atom stereocenters. The van der Waals surface area contributed by atoms with Gasteiger partial charge in [-0.25, -0.2) is 9.78 Å². The number of benzene rings is 2. The summed E-state index contributed by atoms with van der Waals surface area (Å²) in [7, 11) is 0. The Bertz CT molecular complexity index is 1600. The number of halogens is 1. The maximum absolute atomic E-state index is 12.0. The molecular weight excluding hydrogens is 536 g/mol. The van der Waals surface area contributed by atoms with E-state index >= 15 is 0 Å². The molecule has 0 bridgehead atoms. The minimum Gasteiger partial charge on any atom is -0.478 e. The molecule has 3 heterocycles. The van der Waals surface area contributed by atoms with Crippen LogP contribution in [0.4, 0.5) is 5.69 Å². The van der Waals surface area contributed by atoms with Crippen molar-refractivity contribution >= 4 is 39.9 Å². The highest BCUT2D eigenvalue weighted by Crippen LogP contribution is 2.43. The van der Waals surface area contributed by atoms with Crippen molar-refractivity contribution in [2.75, 3.05) is 37.6 Å². The van der Waals surface area contributed by atoms with Gasteiger partial charge in [0.2, 0.25) is 0 Å². The summed E-state index contributed by atoms with van der Waals surface area (Å²) in [6, 6.07) is 17.4. The van der Waals surface area contributed by atoms with Crippen molar-refractivity contribution in [2.45, 2.75) is 33.1 Å². The smallest absolute Gasteiger partial charge is 0.339 e. The van der Waals surface area contributed by atoms with Crippen molar-refractivity contribution in [3.8, 4) is 11.5 Å². The number of rotatable bonds is 7. The Morgan fingerprint density at radius 3 is 2.61 bits per heavy atom. The van der Waals surface area contributed by atoms with Gasteiger partial charge in [-0.15, -0.1) is 0 Å². The molecule has 2 aromatic carbocycles. The zero-order valence-corrected chi connectivity index (χ0v) is 24.2. The molecule has 41 heavy (non-hydrogen) atoms. The van der Waals surface area contributed by atoms with Gasteiger partial charge in [0.15, 0.2) is 0 Å². The number of piperazine rings is 1. The van der Waals surface area contributed by atoms with Gasteiger partial charge in [0.1, 0.15) is 22.7 Å². The predicted molar refractivity (Wildman–Crippen MR) is 164 cm³/mol. The summed E-state index contributed by atoms with van der Waals surface area (Å²) in [6.07, 6.45) is 6.81. The van der Waals surface area contributed by atoms with Gasteiger partial charge in [0.25, 0.3) is 0 Å². The summed E-state index contributed by atoms with van der Waals surface area (Å²) in [4.78, 5) is 24.2. The van der Waals surface area contributed by atoms with Crippen molar-refractivity contribution in [1.29, 1.82) is 0 Å². The first kappa shape index (κ1) is 27.4. The number of nitrogens with zero attached hydrogens (tertiary/aromatic N) is 3. The van der Waals surface area contributed by atoms with E-state index in [1.54, 1.807) is 12.3 Å². The van der Waals surface area contributed by atoms with Crippen LogP contribution in [-0.2, 0) is 0 Å². The van der Waals surface area contributed by atoms with Crippen LogP contribution in [-0.4, -0.2) is 58.7 Å². The second-order valence-corrected chi connectivity index (χ2v) is 12.3. The van der Waals surface area contributed by atoms with Gasteiger partial charge >= 0.3 is 5.97 Å². The molecule has 0 saturated carbocycles. The van der Waals surface area contributed by atoms with E-state index in [1.165, 1.54) is 23.1 Å². The second kappa shape index (κ2) is 11.2. The van der Waals surface area contributed by atoms with E-state index in [-0.39, 0.29) is 5.56 Å². The topological polar surface area (TPSA) is 81.7 Å². The number of ether oxygens (including phenoxy) is 1. The van der Waals surface area contributed by atoms with Crippen LogP contribution in [0.25, 0.3) is 16.6 Å². The maximum Gasteiger partial charge on any atom is 0.339 e. The van der Waals surface area contributed by atoms with Gasteiger partial charge in [0, 0.05) is 61.1 Å². The lowest BCUT2D eigenvalue weighted by Crippen LogP contribution is -2.47. The van der Waals surface area contributed by atoms with Crippen LogP contribution in [0.2, 0.25) is 5.02 Å². The van der Waals surface area contributed by atoms with Gasteiger partial charge in [-0.1, -0.05) is 43.2 Å². The first-order chi connectivity index (χ1) is 19.7. The summed E-state index contributed by atoms with van der Waals surface area (Å²) in [5.74, 6) is -0.203. The van der Waals surface area contributed by atoms with E-state index in [2.05, 4.69) is 45.7 Å². The Balaban J connectivity index is 1.17. The summed E-state index contributed by atoms with van der Waals surface area (Å²) in [6.45, 7) is 9.29. The Hall–Kier alpha value is -3.81. The molecule has 0 spiro atoms. The van der Waals surface area contributed by atoms with Crippen molar-refractivity contribution in [3.63, 3.8) is 0 Å². The standard InChI is InChI=1S/C33H35ClN4O3/c1-33(2)11-9-24(29(19-33)22-3-5-25(34)6-4-22)21-37-13-15-38(16-14-37)26-7-8-28(32(39)40)30(18-26)41-27-17-23-10-12-35-31(23)36-20-27/h3-8,10,12,17-18,20H,9,11,13-16,19,21H2,1-2H3,(H,35,36)(H,39,40). The second-order valence-electron chi connectivity index (χ2n) is 11.9. The number of pyridine rings is 1. The average molecular weight is 571 g/mol. The summed E-state index contributed by atoms with van der Waals surface area (Å²) < 4.78 is 6.07. The van der Waals surface area contributed by atoms with Crippen molar-refractivity contribution in [3.05, 3.63) is 88.7 Å². The lowest BCUT2D eigenvalue weighted by molar-refractivity contribution is 0.0694. The van der Waals surface area contributed by atoms with E-state index in [0.29, 0.717) is 16.9 Å². The molecule has 8 heteroatoms. The number of carboxylic acid groups (broad SMARTS) is 1. The number of hydrogen-bond acceptors (Lipinski definition) is 5. The summed E-state index contributed by atoms with van der Waals surface area (Å²) in [5.41, 5.74) is 6.43. The fourth-order valence-electron chi connectivity index (χ4n) is 5.97. The number of nitrogens with one attached hydrogen (secondary N) is 1. The molecule has 1 saturated heterocycles. The number of carbonyl (C=O) groups is 1. The van der Waals surface area contributed by atoms with Crippen molar-refractivity contribution in [1.82, 2.24) is 14.9 Å². The fourth-order valence-corrected chi connectivity index (χ4v) is 6.10. The number of allylic oxidation sites excluding steroid dienone is 1. The third kappa shape index (κ3) is 6.11. The molecule has 1 aliphatic heterocycles. The third-order valence-electron chi connectivity index (χ3n) is 8.33. The molecule has 1 fully saturated rings. The van der Waals surface area contributed by atoms with Crippen LogP contribution in [0.5, 0.6) is 11.5 Å². The SMILES string of the molecule is CC1(C)CCC(CN2CCN(c3ccc(C(=O)O)c(Oc4cnc5[nH]ccc5c4)c3)CC2)=C(c2ccc(Cl)cc2)C1. The zero-order chi connectivity index (χ0) is 28.6. The molecule has 212 valence electrons. The van der Waals surface area contributed by atoms with Crippen LogP contribution < -0.4 is 9.64 Å². The Morgan fingerprint density at radius 1 is 1.07 bits per heavy atom. The largest absolute Gasteiger partial charge is 0.478 e. The van der Waals surface area contributed by atoms with E-state index in [4.69, 9.17) is 16.3 Å². The molecule has 0 amide bonds. The zero-order valence-electron chi connectivity index (χ0n) is 23.5. The fraction of sp³-hybridized carbons (Fsp3) is 0.333. The highest BCUT2D eigenvalue weighted by molar-refractivity contribution is 6.30. The highest BCUT2D eigenvalue weighted by Gasteiger charge is 2.29. The predicted octanol–water partition coefficient (Wildman–Crippen LogP) is 7.49. The number of aromatic carboxylic acids is 1. The normalized spacial score (nSPS) is 17.7. The minimum atomic E-state index is -1.02. The van der Waals surface area contributed by atoms with E-state index in [0.717, 1.165) is 67.3 Å². The molecular formula is C33H35ClN4O3. The van der Waals surface area contributed by atoms with Crippen molar-refractivity contribution < 1.29 is 14.6 Å². The maximum atomic E-state index is 12.0. The molecule has 0 radical (unpaired) electrons. The van der Waals surface area contributed by atoms with Crippen LogP contribution in [0.3, 0.4) is 0 Å². The average Bonchev–Trinajstić information content (AvgIpc) is 3.43. The molecule has 2 aromatic heterocycles. The van der Waals surface area contributed by atoms with Gasteiger partial charge < -0.3 is 19.7 Å². The number of aromatic nitrogens is 2. The molecule has 2 N–H and O–H groups in total. The van der Waals surface area contributed by atoms with E-state index in [1.807, 2.05) is 42.6 Å². The molecule has 7 nitrogen and oxygen atoms in total. The number of anilines is 1. The van der Waals surface area contributed by atoms with Gasteiger partial charge in [-0.2, -0.15) is 0 Å². The van der Waals surface area contributed by atoms with E-state index in [9.17, 15) is 9.90 Å². The molecule has 6 rings (SSSR count). The lowest BCUT2D eigenvalue weighted by Gasteiger charge is -2.39. The highest BCUT2D eigenvalue weighted by atomic mass is 35.5. The van der Waals surface area contributed by atoms with Crippen molar-refractivity contribution in [2.24, 2.45) is 5.41 Å². The van der Waals surface area contributed by atoms with Gasteiger partial charge in [-0.3, -0.25) is 4.90 Å². The third-order valence-corrected chi connectivity index (χ3v) is 8.58. The van der Waals surface area contributed by atoms with Crippen LogP contribution in [0.15, 0.2) is 72.6 Å². The Labute approximate surface area is 245 Å². The number of hydrogen-bond donors (Lipinski definition) is 2. The summed E-state index contributed by atoms with van der Waals surface area (Å²) in [5, 5.41) is 11.5. The minimum absolute atomic E-state index is 0.128. The molecule has 1 aliphatic carbocycles. The molecule has 4 aromatic rings. The lowest BCUT2D eigenvalue weighted by atomic mass is 9.72. The first-order valence-corrected chi connectivity index (χ1v) is 14.5. The van der Waals surface area contributed by atoms with Crippen LogP contribution in [0, 0.1) is 5.41 Å².